The Morgan fingerprint density at radius 2 is 2.05 bits per heavy atom. The molecule has 21 heavy (non-hydrogen) atoms. The van der Waals surface area contributed by atoms with Crippen LogP contribution in [0.15, 0.2) is 24.3 Å². The van der Waals surface area contributed by atoms with E-state index in [0.717, 1.165) is 39.9 Å². The highest BCUT2D eigenvalue weighted by Crippen LogP contribution is 2.44. The summed E-state index contributed by atoms with van der Waals surface area (Å²) >= 11 is 7.42. The van der Waals surface area contributed by atoms with E-state index >= 15 is 0 Å². The van der Waals surface area contributed by atoms with Gasteiger partial charge in [-0.25, -0.2) is 4.98 Å². The molecule has 1 saturated carbocycles. The second-order valence-corrected chi connectivity index (χ2v) is 6.92. The minimum Gasteiger partial charge on any atom is -0.344 e. The summed E-state index contributed by atoms with van der Waals surface area (Å²) in [6, 6.07) is 8.03. The van der Waals surface area contributed by atoms with Crippen molar-refractivity contribution in [2.75, 3.05) is 11.9 Å². The highest BCUT2D eigenvalue weighted by Gasteiger charge is 2.30. The van der Waals surface area contributed by atoms with Gasteiger partial charge in [-0.3, -0.25) is 4.79 Å². The van der Waals surface area contributed by atoms with Gasteiger partial charge in [0.05, 0.1) is 16.6 Å². The van der Waals surface area contributed by atoms with E-state index in [-0.39, 0.29) is 6.04 Å². The van der Waals surface area contributed by atoms with Gasteiger partial charge in [0.1, 0.15) is 0 Å². The van der Waals surface area contributed by atoms with Crippen molar-refractivity contribution >= 4 is 34.4 Å². The van der Waals surface area contributed by atoms with Gasteiger partial charge in [0.15, 0.2) is 11.4 Å². The van der Waals surface area contributed by atoms with Crippen molar-refractivity contribution in [1.82, 2.24) is 4.98 Å². The molecule has 3 nitrogen and oxygen atoms in total. The van der Waals surface area contributed by atoms with Crippen LogP contribution in [0.2, 0.25) is 5.02 Å². The van der Waals surface area contributed by atoms with Gasteiger partial charge in [-0.1, -0.05) is 35.1 Å². The number of carbonyl (C=O) groups excluding carboxylic acids is 1. The standard InChI is InChI=1S/C16H17ClN2OS/c1-10(11-5-7-13(17)8-6-11)19(2)16-18-15(12-3-4-12)14(9-20)21-16/h5-10,12H,3-4H2,1-2H3. The summed E-state index contributed by atoms with van der Waals surface area (Å²) in [4.78, 5) is 18.8. The average molecular weight is 321 g/mol. The van der Waals surface area contributed by atoms with E-state index in [4.69, 9.17) is 16.6 Å². The summed E-state index contributed by atoms with van der Waals surface area (Å²) in [5.41, 5.74) is 2.16. The number of halogens is 1. The summed E-state index contributed by atoms with van der Waals surface area (Å²) in [7, 11) is 2.02. The second-order valence-electron chi connectivity index (χ2n) is 5.48. The summed E-state index contributed by atoms with van der Waals surface area (Å²) in [5, 5.41) is 1.64. The predicted molar refractivity (Wildman–Crippen MR) is 87.7 cm³/mol. The van der Waals surface area contributed by atoms with Crippen molar-refractivity contribution in [3.63, 3.8) is 0 Å². The van der Waals surface area contributed by atoms with Crippen LogP contribution in [-0.2, 0) is 0 Å². The molecule has 110 valence electrons. The summed E-state index contributed by atoms with van der Waals surface area (Å²) < 4.78 is 0. The Kier molecular flexibility index (Phi) is 4.00. The van der Waals surface area contributed by atoms with E-state index in [2.05, 4.69) is 11.8 Å². The van der Waals surface area contributed by atoms with Gasteiger partial charge in [-0.2, -0.15) is 0 Å². The van der Waals surface area contributed by atoms with Crippen molar-refractivity contribution in [3.8, 4) is 0 Å². The molecule has 0 radical (unpaired) electrons. The van der Waals surface area contributed by atoms with Gasteiger partial charge < -0.3 is 4.90 Å². The van der Waals surface area contributed by atoms with Crippen LogP contribution >= 0.6 is 22.9 Å². The topological polar surface area (TPSA) is 33.2 Å². The fraction of sp³-hybridized carbons (Fsp3) is 0.375. The number of carbonyl (C=O) groups is 1. The van der Waals surface area contributed by atoms with E-state index in [1.165, 1.54) is 16.9 Å². The molecule has 0 saturated heterocycles. The minimum absolute atomic E-state index is 0.181. The highest BCUT2D eigenvalue weighted by molar-refractivity contribution is 7.17. The van der Waals surface area contributed by atoms with Crippen molar-refractivity contribution in [2.24, 2.45) is 0 Å². The highest BCUT2D eigenvalue weighted by atomic mass is 35.5. The molecule has 5 heteroatoms. The van der Waals surface area contributed by atoms with Crippen LogP contribution in [0.1, 0.15) is 52.7 Å². The molecule has 1 aromatic carbocycles. The molecule has 0 bridgehead atoms. The lowest BCUT2D eigenvalue weighted by molar-refractivity contribution is 0.112. The number of rotatable bonds is 5. The van der Waals surface area contributed by atoms with E-state index in [1.54, 1.807) is 0 Å². The summed E-state index contributed by atoms with van der Waals surface area (Å²) in [6.07, 6.45) is 3.25. The van der Waals surface area contributed by atoms with E-state index in [0.29, 0.717) is 5.92 Å². The van der Waals surface area contributed by atoms with Crippen LogP contribution in [0, 0.1) is 0 Å². The first kappa shape index (κ1) is 14.5. The zero-order valence-corrected chi connectivity index (χ0v) is 13.6. The molecule has 1 heterocycles. The van der Waals surface area contributed by atoms with Crippen molar-refractivity contribution in [1.29, 1.82) is 0 Å². The number of aldehydes is 1. The van der Waals surface area contributed by atoms with Crippen molar-refractivity contribution in [2.45, 2.75) is 31.7 Å². The number of aromatic nitrogens is 1. The third-order valence-electron chi connectivity index (χ3n) is 3.98. The zero-order chi connectivity index (χ0) is 15.0. The quantitative estimate of drug-likeness (QED) is 0.750. The van der Waals surface area contributed by atoms with Crippen molar-refractivity contribution < 1.29 is 4.79 Å². The molecule has 1 unspecified atom stereocenters. The zero-order valence-electron chi connectivity index (χ0n) is 12.0. The van der Waals surface area contributed by atoms with Gasteiger partial charge in [0.2, 0.25) is 0 Å². The third-order valence-corrected chi connectivity index (χ3v) is 5.32. The Morgan fingerprint density at radius 3 is 2.62 bits per heavy atom. The second kappa shape index (κ2) is 5.78. The van der Waals surface area contributed by atoms with Crippen LogP contribution in [0.5, 0.6) is 0 Å². The van der Waals surface area contributed by atoms with Crippen LogP contribution in [-0.4, -0.2) is 18.3 Å². The van der Waals surface area contributed by atoms with E-state index in [1.807, 2.05) is 31.3 Å². The monoisotopic (exact) mass is 320 g/mol. The summed E-state index contributed by atoms with van der Waals surface area (Å²) in [6.45, 7) is 2.13. The maximum absolute atomic E-state index is 11.2. The van der Waals surface area contributed by atoms with Crippen LogP contribution in [0.4, 0.5) is 5.13 Å². The van der Waals surface area contributed by atoms with Gasteiger partial charge in [0.25, 0.3) is 0 Å². The lowest BCUT2D eigenvalue weighted by Crippen LogP contribution is -2.21. The maximum Gasteiger partial charge on any atom is 0.186 e. The van der Waals surface area contributed by atoms with Crippen molar-refractivity contribution in [3.05, 3.63) is 45.4 Å². The molecule has 0 spiro atoms. The molecular formula is C16H17ClN2OS. The predicted octanol–water partition coefficient (Wildman–Crippen LogP) is 4.68. The normalized spacial score (nSPS) is 15.8. The molecule has 1 aromatic heterocycles. The SMILES string of the molecule is CC(c1ccc(Cl)cc1)N(C)c1nc(C2CC2)c(C=O)s1. The van der Waals surface area contributed by atoms with Gasteiger partial charge in [-0.15, -0.1) is 0 Å². The third kappa shape index (κ3) is 2.97. The van der Waals surface area contributed by atoms with Gasteiger partial charge in [0, 0.05) is 18.0 Å². The Balaban J connectivity index is 1.85. The van der Waals surface area contributed by atoms with E-state index in [9.17, 15) is 4.79 Å². The van der Waals surface area contributed by atoms with Crippen LogP contribution in [0.3, 0.4) is 0 Å². The number of benzene rings is 1. The first-order valence-corrected chi connectivity index (χ1v) is 8.23. The molecule has 1 atom stereocenters. The number of nitrogens with zero attached hydrogens (tertiary/aromatic N) is 2. The maximum atomic E-state index is 11.2. The molecule has 2 aromatic rings. The molecule has 0 amide bonds. The number of hydrogen-bond acceptors (Lipinski definition) is 4. The Morgan fingerprint density at radius 1 is 1.38 bits per heavy atom. The number of hydrogen-bond donors (Lipinski definition) is 0. The van der Waals surface area contributed by atoms with E-state index < -0.39 is 0 Å². The first-order valence-electron chi connectivity index (χ1n) is 7.04. The van der Waals surface area contributed by atoms with Gasteiger partial charge in [-0.05, 0) is 37.5 Å². The summed E-state index contributed by atoms with van der Waals surface area (Å²) in [5.74, 6) is 0.495. The molecular weight excluding hydrogens is 304 g/mol. The fourth-order valence-corrected chi connectivity index (χ4v) is 3.48. The molecule has 0 aliphatic heterocycles. The molecule has 3 rings (SSSR count). The fourth-order valence-electron chi connectivity index (χ4n) is 2.35. The lowest BCUT2D eigenvalue weighted by Gasteiger charge is -2.24. The number of thiazole rings is 1. The molecule has 1 fully saturated rings. The number of anilines is 1. The molecule has 1 aliphatic carbocycles. The largest absolute Gasteiger partial charge is 0.344 e. The van der Waals surface area contributed by atoms with Gasteiger partial charge >= 0.3 is 0 Å². The Bertz CT molecular complexity index is 649. The Labute approximate surface area is 133 Å². The smallest absolute Gasteiger partial charge is 0.186 e. The van der Waals surface area contributed by atoms with Crippen LogP contribution < -0.4 is 4.90 Å². The average Bonchev–Trinajstić information content (AvgIpc) is 3.25. The Hall–Kier alpha value is -1.39. The molecule has 0 N–H and O–H groups in total. The molecule has 1 aliphatic rings. The van der Waals surface area contributed by atoms with Crippen LogP contribution in [0.25, 0.3) is 0 Å². The lowest BCUT2D eigenvalue weighted by atomic mass is 10.1. The first-order chi connectivity index (χ1) is 10.1. The minimum atomic E-state index is 0.181.